The van der Waals surface area contributed by atoms with E-state index in [1.807, 2.05) is 6.07 Å². The number of piperazine rings is 1. The van der Waals surface area contributed by atoms with Crippen molar-refractivity contribution in [3.8, 4) is 0 Å². The summed E-state index contributed by atoms with van der Waals surface area (Å²) in [5.41, 5.74) is -3.10. The van der Waals surface area contributed by atoms with E-state index in [-0.39, 0.29) is 42.4 Å². The van der Waals surface area contributed by atoms with Crippen molar-refractivity contribution < 1.29 is 34.1 Å². The Morgan fingerprint density at radius 1 is 1.00 bits per heavy atom. The Hall–Kier alpha value is -2.11. The lowest BCUT2D eigenvalue weighted by atomic mass is 9.41. The van der Waals surface area contributed by atoms with Crippen LogP contribution >= 0.6 is 0 Å². The van der Waals surface area contributed by atoms with Crippen molar-refractivity contribution in [3.05, 3.63) is 34.4 Å². The van der Waals surface area contributed by atoms with Gasteiger partial charge < -0.3 is 39.1 Å². The summed E-state index contributed by atoms with van der Waals surface area (Å²) in [5.74, 6) is -0.464. The monoisotopic (exact) mass is 614 g/mol. The first kappa shape index (κ1) is 31.9. The molecule has 1 saturated heterocycles. The molecule has 0 bridgehead atoms. The zero-order valence-electron chi connectivity index (χ0n) is 26.1. The highest BCUT2D eigenvalue weighted by Crippen LogP contribution is 2.71. The highest BCUT2D eigenvalue weighted by atomic mass is 16.5. The van der Waals surface area contributed by atoms with Crippen LogP contribution in [0.25, 0.3) is 0 Å². The van der Waals surface area contributed by atoms with E-state index in [1.54, 1.807) is 0 Å². The van der Waals surface area contributed by atoms with E-state index in [2.05, 4.69) is 16.7 Å². The largest absolute Gasteiger partial charge is 0.462 e. The van der Waals surface area contributed by atoms with Gasteiger partial charge in [-0.25, -0.2) is 4.79 Å². The molecule has 0 aromatic carbocycles. The zero-order chi connectivity index (χ0) is 31.2. The summed E-state index contributed by atoms with van der Waals surface area (Å²) < 4.78 is 11.1. The highest BCUT2D eigenvalue weighted by Gasteiger charge is 2.71. The molecule has 8 unspecified atom stereocenters. The van der Waals surface area contributed by atoms with Gasteiger partial charge >= 0.3 is 11.6 Å². The first-order valence-electron chi connectivity index (χ1n) is 16.8. The minimum Gasteiger partial charge on any atom is -0.462 e. The summed E-state index contributed by atoms with van der Waals surface area (Å²) in [5, 5.41) is 33.7. The number of aldehydes is 1. The minimum absolute atomic E-state index is 0.0519. The van der Waals surface area contributed by atoms with Gasteiger partial charge in [-0.15, -0.1) is 0 Å². The summed E-state index contributed by atoms with van der Waals surface area (Å²) in [6.07, 6.45) is 8.25. The van der Waals surface area contributed by atoms with Crippen molar-refractivity contribution in [1.29, 1.82) is 0 Å². The second kappa shape index (κ2) is 12.2. The SMILES string of the molecule is CC12CCC3C(CCC4(O)CC(OC(=O)CCN5CCN(CCCO)CC5)CCC34C=O)C1(O)CCC2c1ccc(=O)oc1. The lowest BCUT2D eigenvalue weighted by molar-refractivity contribution is -0.248. The van der Waals surface area contributed by atoms with Gasteiger partial charge in [0, 0.05) is 63.8 Å². The fourth-order valence-corrected chi connectivity index (χ4v) is 10.4. The zero-order valence-corrected chi connectivity index (χ0v) is 26.1. The number of carbonyl (C=O) groups is 2. The van der Waals surface area contributed by atoms with Crippen molar-refractivity contribution in [1.82, 2.24) is 9.80 Å². The third kappa shape index (κ3) is 5.28. The van der Waals surface area contributed by atoms with Crippen LogP contribution in [0.4, 0.5) is 0 Å². The predicted molar refractivity (Wildman–Crippen MR) is 162 cm³/mol. The predicted octanol–water partition coefficient (Wildman–Crippen LogP) is 2.48. The van der Waals surface area contributed by atoms with Crippen molar-refractivity contribution in [3.63, 3.8) is 0 Å². The molecule has 0 radical (unpaired) electrons. The van der Waals surface area contributed by atoms with Gasteiger partial charge in [0.1, 0.15) is 12.4 Å². The smallest absolute Gasteiger partial charge is 0.335 e. The maximum atomic E-state index is 13.0. The molecule has 0 amide bonds. The van der Waals surface area contributed by atoms with E-state index < -0.39 is 28.1 Å². The molecule has 6 rings (SSSR count). The third-order valence-corrected chi connectivity index (χ3v) is 12.9. The Kier molecular flexibility index (Phi) is 8.87. The average molecular weight is 615 g/mol. The van der Waals surface area contributed by atoms with E-state index in [1.165, 1.54) is 12.3 Å². The van der Waals surface area contributed by atoms with Crippen LogP contribution in [0.1, 0.15) is 89.0 Å². The lowest BCUT2D eigenvalue weighted by Gasteiger charge is -2.65. The van der Waals surface area contributed by atoms with Gasteiger partial charge in [0.25, 0.3) is 0 Å². The number of rotatable bonds is 9. The topological polar surface area (TPSA) is 141 Å². The lowest BCUT2D eigenvalue weighted by Crippen LogP contribution is -2.68. The molecule has 10 heteroatoms. The molecular formula is C34H50N2O8. The van der Waals surface area contributed by atoms with Crippen molar-refractivity contribution >= 4 is 12.3 Å². The Bertz CT molecular complexity index is 1240. The molecule has 1 aromatic rings. The number of esters is 1. The van der Waals surface area contributed by atoms with Crippen LogP contribution in [0, 0.1) is 22.7 Å². The van der Waals surface area contributed by atoms with Gasteiger partial charge in [-0.3, -0.25) is 4.79 Å². The molecule has 2 heterocycles. The van der Waals surface area contributed by atoms with Crippen LogP contribution in [0.5, 0.6) is 0 Å². The summed E-state index contributed by atoms with van der Waals surface area (Å²) in [6, 6.07) is 3.26. The molecule has 4 aliphatic carbocycles. The van der Waals surface area contributed by atoms with E-state index in [0.29, 0.717) is 51.5 Å². The van der Waals surface area contributed by atoms with Crippen molar-refractivity contribution in [2.45, 2.75) is 101 Å². The number of carbonyl (C=O) groups excluding carboxylic acids is 2. The summed E-state index contributed by atoms with van der Waals surface area (Å²) >= 11 is 0. The number of nitrogens with zero attached hydrogens (tertiary/aromatic N) is 2. The number of aliphatic hydroxyl groups is 3. The van der Waals surface area contributed by atoms with E-state index in [4.69, 9.17) is 14.3 Å². The molecule has 8 atom stereocenters. The number of fused-ring (bicyclic) bond motifs is 5. The van der Waals surface area contributed by atoms with E-state index in [9.17, 15) is 24.6 Å². The molecule has 1 aliphatic heterocycles. The van der Waals surface area contributed by atoms with Crippen LogP contribution in [0.2, 0.25) is 0 Å². The summed E-state index contributed by atoms with van der Waals surface area (Å²) in [4.78, 5) is 42.1. The molecule has 10 nitrogen and oxygen atoms in total. The Labute approximate surface area is 259 Å². The number of ether oxygens (including phenoxy) is 1. The normalized spacial score (nSPS) is 40.9. The second-order valence-corrected chi connectivity index (χ2v) is 14.7. The Morgan fingerprint density at radius 3 is 2.41 bits per heavy atom. The van der Waals surface area contributed by atoms with Crippen LogP contribution in [-0.2, 0) is 14.3 Å². The Morgan fingerprint density at radius 2 is 1.73 bits per heavy atom. The maximum Gasteiger partial charge on any atom is 0.335 e. The standard InChI is InChI=1S/C34H50N2O8/c1-31-10-6-27-28(34(31,42)13-8-26(31)24-3-4-29(39)43-22-24)7-12-33(41)21-25(5-11-32(27,33)23-38)44-30(40)9-15-36-18-16-35(17-19-36)14-2-20-37/h3-4,22-23,25-28,37,41-42H,2,5-21H2,1H3. The molecule has 3 N–H and O–H groups in total. The average Bonchev–Trinajstić information content (AvgIpc) is 3.30. The molecule has 4 saturated carbocycles. The van der Waals surface area contributed by atoms with E-state index in [0.717, 1.165) is 63.8 Å². The van der Waals surface area contributed by atoms with Gasteiger partial charge in [-0.05, 0) is 87.2 Å². The Balaban J connectivity index is 1.08. The molecule has 5 fully saturated rings. The van der Waals surface area contributed by atoms with Gasteiger partial charge in [-0.2, -0.15) is 0 Å². The van der Waals surface area contributed by atoms with Crippen LogP contribution in [0.15, 0.2) is 27.6 Å². The fraction of sp³-hybridized carbons (Fsp3) is 0.794. The molecule has 0 spiro atoms. The fourth-order valence-electron chi connectivity index (χ4n) is 10.4. The van der Waals surface area contributed by atoms with Crippen LogP contribution < -0.4 is 5.63 Å². The third-order valence-electron chi connectivity index (χ3n) is 12.9. The number of aliphatic hydroxyl groups excluding tert-OH is 1. The van der Waals surface area contributed by atoms with Crippen LogP contribution in [0.3, 0.4) is 0 Å². The quantitative estimate of drug-likeness (QED) is 0.281. The number of hydrogen-bond acceptors (Lipinski definition) is 10. The highest BCUT2D eigenvalue weighted by molar-refractivity contribution is 5.70. The molecule has 244 valence electrons. The molecule has 5 aliphatic rings. The van der Waals surface area contributed by atoms with Gasteiger partial charge in [-0.1, -0.05) is 6.92 Å². The maximum absolute atomic E-state index is 13.0. The number of hydrogen-bond donors (Lipinski definition) is 3. The first-order chi connectivity index (χ1) is 21.1. The first-order valence-corrected chi connectivity index (χ1v) is 16.8. The van der Waals surface area contributed by atoms with E-state index >= 15 is 0 Å². The molecule has 44 heavy (non-hydrogen) atoms. The van der Waals surface area contributed by atoms with Gasteiger partial charge in [0.15, 0.2) is 0 Å². The summed E-state index contributed by atoms with van der Waals surface area (Å²) in [7, 11) is 0. The second-order valence-electron chi connectivity index (χ2n) is 14.7. The van der Waals surface area contributed by atoms with Crippen LogP contribution in [-0.4, -0.2) is 101 Å². The van der Waals surface area contributed by atoms with Crippen molar-refractivity contribution in [2.75, 3.05) is 45.9 Å². The molecular weight excluding hydrogens is 564 g/mol. The van der Waals surface area contributed by atoms with Gasteiger partial charge in [0.05, 0.1) is 29.3 Å². The van der Waals surface area contributed by atoms with Gasteiger partial charge in [0.2, 0.25) is 0 Å². The minimum atomic E-state index is -1.27. The summed E-state index contributed by atoms with van der Waals surface area (Å²) in [6.45, 7) is 7.53. The van der Waals surface area contributed by atoms with Crippen molar-refractivity contribution in [2.24, 2.45) is 22.7 Å². The molecule has 1 aromatic heterocycles.